The molecule has 0 aliphatic rings. The SMILES string of the molecule is CC(N)CCCC(=O)NC(C)c1ccc(S(N)(=O)=O)cc1. The van der Waals surface area contributed by atoms with Gasteiger partial charge in [-0.2, -0.15) is 0 Å². The van der Waals surface area contributed by atoms with Crippen LogP contribution in [0.5, 0.6) is 0 Å². The second-order valence-corrected chi connectivity index (χ2v) is 6.83. The van der Waals surface area contributed by atoms with Crippen molar-refractivity contribution in [3.63, 3.8) is 0 Å². The standard InChI is InChI=1S/C14H23N3O3S/c1-10(15)4-3-5-14(18)17-11(2)12-6-8-13(9-7-12)21(16,19)20/h6-11H,3-5,15H2,1-2H3,(H,17,18)(H2,16,19,20). The summed E-state index contributed by atoms with van der Waals surface area (Å²) in [6.07, 6.45) is 1.99. The molecular weight excluding hydrogens is 290 g/mol. The quantitative estimate of drug-likeness (QED) is 0.697. The number of sulfonamides is 1. The van der Waals surface area contributed by atoms with Crippen LogP contribution in [0.15, 0.2) is 29.2 Å². The van der Waals surface area contributed by atoms with Gasteiger partial charge in [0.1, 0.15) is 0 Å². The summed E-state index contributed by atoms with van der Waals surface area (Å²) in [7, 11) is -3.69. The van der Waals surface area contributed by atoms with Gasteiger partial charge in [-0.05, 0) is 44.4 Å². The lowest BCUT2D eigenvalue weighted by atomic mass is 10.1. The summed E-state index contributed by atoms with van der Waals surface area (Å²) in [4.78, 5) is 11.8. The van der Waals surface area contributed by atoms with Crippen LogP contribution in [0.4, 0.5) is 0 Å². The van der Waals surface area contributed by atoms with Crippen molar-refractivity contribution in [2.75, 3.05) is 0 Å². The zero-order valence-corrected chi connectivity index (χ0v) is 13.2. The Morgan fingerprint density at radius 1 is 1.24 bits per heavy atom. The second kappa shape index (κ2) is 7.53. The van der Waals surface area contributed by atoms with Gasteiger partial charge in [-0.15, -0.1) is 0 Å². The molecule has 0 spiro atoms. The summed E-state index contributed by atoms with van der Waals surface area (Å²) in [5.41, 5.74) is 6.45. The van der Waals surface area contributed by atoms with Crippen LogP contribution in [0.2, 0.25) is 0 Å². The lowest BCUT2D eigenvalue weighted by Crippen LogP contribution is -2.27. The van der Waals surface area contributed by atoms with E-state index in [0.717, 1.165) is 18.4 Å². The number of carbonyl (C=O) groups is 1. The molecule has 1 amide bonds. The maximum absolute atomic E-state index is 11.8. The fraction of sp³-hybridized carbons (Fsp3) is 0.500. The van der Waals surface area contributed by atoms with Gasteiger partial charge in [-0.3, -0.25) is 4.79 Å². The third kappa shape index (κ3) is 6.24. The van der Waals surface area contributed by atoms with Crippen molar-refractivity contribution >= 4 is 15.9 Å². The Bertz CT molecular complexity index is 568. The molecule has 0 saturated heterocycles. The lowest BCUT2D eigenvalue weighted by molar-refractivity contribution is -0.121. The van der Waals surface area contributed by atoms with Gasteiger partial charge in [-0.1, -0.05) is 12.1 Å². The van der Waals surface area contributed by atoms with Crippen LogP contribution in [0.3, 0.4) is 0 Å². The molecule has 5 N–H and O–H groups in total. The van der Waals surface area contributed by atoms with Gasteiger partial charge in [0.15, 0.2) is 0 Å². The van der Waals surface area contributed by atoms with Crippen LogP contribution in [0.25, 0.3) is 0 Å². The van der Waals surface area contributed by atoms with Crippen molar-refractivity contribution in [2.45, 2.75) is 50.1 Å². The average Bonchev–Trinajstić information content (AvgIpc) is 2.37. The predicted molar refractivity (Wildman–Crippen MR) is 81.9 cm³/mol. The van der Waals surface area contributed by atoms with Gasteiger partial charge < -0.3 is 11.1 Å². The first-order chi connectivity index (χ1) is 9.70. The molecule has 2 atom stereocenters. The molecule has 118 valence electrons. The zero-order valence-electron chi connectivity index (χ0n) is 12.4. The van der Waals surface area contributed by atoms with Gasteiger partial charge in [0, 0.05) is 12.5 Å². The summed E-state index contributed by atoms with van der Waals surface area (Å²) in [5.74, 6) is -0.0429. The molecule has 1 aromatic carbocycles. The van der Waals surface area contributed by atoms with Gasteiger partial charge in [-0.25, -0.2) is 13.6 Å². The summed E-state index contributed by atoms with van der Waals surface area (Å²) in [6.45, 7) is 3.75. The van der Waals surface area contributed by atoms with E-state index in [0.29, 0.717) is 6.42 Å². The largest absolute Gasteiger partial charge is 0.350 e. The molecule has 2 unspecified atom stereocenters. The van der Waals surface area contributed by atoms with Crippen LogP contribution in [0, 0.1) is 0 Å². The van der Waals surface area contributed by atoms with Crippen molar-refractivity contribution in [3.8, 4) is 0 Å². The highest BCUT2D eigenvalue weighted by atomic mass is 32.2. The normalized spacial score (nSPS) is 14.5. The predicted octanol–water partition coefficient (Wildman–Crippen LogP) is 1.03. The Morgan fingerprint density at radius 2 is 1.81 bits per heavy atom. The van der Waals surface area contributed by atoms with E-state index in [1.807, 2.05) is 13.8 Å². The van der Waals surface area contributed by atoms with Crippen LogP contribution >= 0.6 is 0 Å². The topological polar surface area (TPSA) is 115 Å². The molecule has 0 saturated carbocycles. The van der Waals surface area contributed by atoms with Crippen molar-refractivity contribution in [1.29, 1.82) is 0 Å². The summed E-state index contributed by atoms with van der Waals surface area (Å²) >= 11 is 0. The number of carbonyl (C=O) groups excluding carboxylic acids is 1. The Balaban J connectivity index is 2.55. The molecule has 0 aromatic heterocycles. The first kappa shape index (κ1) is 17.6. The molecule has 0 radical (unpaired) electrons. The van der Waals surface area contributed by atoms with Crippen molar-refractivity contribution in [1.82, 2.24) is 5.32 Å². The molecule has 7 heteroatoms. The fourth-order valence-electron chi connectivity index (χ4n) is 1.93. The van der Waals surface area contributed by atoms with Gasteiger partial charge in [0.2, 0.25) is 15.9 Å². The molecule has 6 nitrogen and oxygen atoms in total. The third-order valence-electron chi connectivity index (χ3n) is 3.15. The maximum Gasteiger partial charge on any atom is 0.238 e. The number of primary sulfonamides is 1. The molecular formula is C14H23N3O3S. The first-order valence-corrected chi connectivity index (χ1v) is 8.42. The summed E-state index contributed by atoms with van der Waals surface area (Å²) in [6, 6.07) is 6.06. The van der Waals surface area contributed by atoms with E-state index in [4.69, 9.17) is 10.9 Å². The summed E-state index contributed by atoms with van der Waals surface area (Å²) in [5, 5.41) is 7.90. The number of hydrogen-bond donors (Lipinski definition) is 3. The van der Waals surface area contributed by atoms with Gasteiger partial charge in [0.25, 0.3) is 0 Å². The molecule has 0 aliphatic heterocycles. The molecule has 0 aliphatic carbocycles. The van der Waals surface area contributed by atoms with E-state index in [-0.39, 0.29) is 22.9 Å². The van der Waals surface area contributed by atoms with Crippen LogP contribution in [-0.2, 0) is 14.8 Å². The van der Waals surface area contributed by atoms with Gasteiger partial charge >= 0.3 is 0 Å². The number of benzene rings is 1. The molecule has 0 heterocycles. The molecule has 21 heavy (non-hydrogen) atoms. The van der Waals surface area contributed by atoms with Crippen LogP contribution in [0.1, 0.15) is 44.7 Å². The fourth-order valence-corrected chi connectivity index (χ4v) is 2.44. The lowest BCUT2D eigenvalue weighted by Gasteiger charge is -2.15. The van der Waals surface area contributed by atoms with Gasteiger partial charge in [0.05, 0.1) is 10.9 Å². The van der Waals surface area contributed by atoms with E-state index in [1.165, 1.54) is 12.1 Å². The number of rotatable bonds is 7. The average molecular weight is 313 g/mol. The molecule has 1 rings (SSSR count). The highest BCUT2D eigenvalue weighted by Gasteiger charge is 2.12. The van der Waals surface area contributed by atoms with E-state index < -0.39 is 10.0 Å². The zero-order chi connectivity index (χ0) is 16.0. The molecule has 0 bridgehead atoms. The minimum Gasteiger partial charge on any atom is -0.350 e. The highest BCUT2D eigenvalue weighted by Crippen LogP contribution is 2.15. The molecule has 1 aromatic rings. The number of nitrogens with two attached hydrogens (primary N) is 2. The third-order valence-corrected chi connectivity index (χ3v) is 4.08. The van der Waals surface area contributed by atoms with Crippen molar-refractivity contribution in [3.05, 3.63) is 29.8 Å². The maximum atomic E-state index is 11.8. The molecule has 0 fully saturated rings. The van der Waals surface area contributed by atoms with E-state index >= 15 is 0 Å². The minimum atomic E-state index is -3.69. The van der Waals surface area contributed by atoms with Crippen LogP contribution in [-0.4, -0.2) is 20.4 Å². The second-order valence-electron chi connectivity index (χ2n) is 5.27. The summed E-state index contributed by atoms with van der Waals surface area (Å²) < 4.78 is 22.3. The van der Waals surface area contributed by atoms with Crippen LogP contribution < -0.4 is 16.2 Å². The number of hydrogen-bond acceptors (Lipinski definition) is 4. The number of nitrogens with one attached hydrogen (secondary N) is 1. The van der Waals surface area contributed by atoms with Crippen molar-refractivity contribution in [2.24, 2.45) is 10.9 Å². The van der Waals surface area contributed by atoms with E-state index in [9.17, 15) is 13.2 Å². The highest BCUT2D eigenvalue weighted by molar-refractivity contribution is 7.89. The van der Waals surface area contributed by atoms with Crippen molar-refractivity contribution < 1.29 is 13.2 Å². The van der Waals surface area contributed by atoms with E-state index in [1.54, 1.807) is 12.1 Å². The minimum absolute atomic E-state index is 0.0429. The Morgan fingerprint density at radius 3 is 2.29 bits per heavy atom. The Labute approximate surface area is 126 Å². The first-order valence-electron chi connectivity index (χ1n) is 6.88. The number of amides is 1. The van der Waals surface area contributed by atoms with E-state index in [2.05, 4.69) is 5.32 Å². The Hall–Kier alpha value is -1.44. The Kier molecular flexibility index (Phi) is 6.32. The monoisotopic (exact) mass is 313 g/mol. The smallest absolute Gasteiger partial charge is 0.238 e.